The summed E-state index contributed by atoms with van der Waals surface area (Å²) in [7, 11) is 0. The van der Waals surface area contributed by atoms with Crippen molar-refractivity contribution >= 4 is 15.9 Å². The van der Waals surface area contributed by atoms with Crippen molar-refractivity contribution in [3.63, 3.8) is 0 Å². The molecule has 0 unspecified atom stereocenters. The number of halogens is 4. The fourth-order valence-electron chi connectivity index (χ4n) is 1.08. The smallest absolute Gasteiger partial charge is 0.417 e. The normalized spacial score (nSPS) is 11.8. The Morgan fingerprint density at radius 2 is 1.85 bits per heavy atom. The zero-order valence-corrected chi connectivity index (χ0v) is 8.20. The van der Waals surface area contributed by atoms with Gasteiger partial charge in [0.15, 0.2) is 0 Å². The number of phenols is 1. The molecule has 0 saturated heterocycles. The van der Waals surface area contributed by atoms with Gasteiger partial charge in [0, 0.05) is 4.47 Å². The lowest BCUT2D eigenvalue weighted by Crippen LogP contribution is -2.08. The van der Waals surface area contributed by atoms with E-state index in [-0.39, 0.29) is 15.8 Å². The van der Waals surface area contributed by atoms with E-state index in [1.165, 1.54) is 6.92 Å². The molecule has 0 fully saturated rings. The molecule has 0 atom stereocenters. The highest BCUT2D eigenvalue weighted by atomic mass is 79.9. The number of phenolic OH excluding ortho intramolecular Hbond substituents is 1. The lowest BCUT2D eigenvalue weighted by atomic mass is 10.1. The Hall–Kier alpha value is -0.710. The maximum atomic E-state index is 12.3. The van der Waals surface area contributed by atoms with E-state index in [4.69, 9.17) is 5.11 Å². The number of hydrogen-bond acceptors (Lipinski definition) is 1. The minimum atomic E-state index is -4.39. The van der Waals surface area contributed by atoms with Gasteiger partial charge in [-0.05, 0) is 24.6 Å². The van der Waals surface area contributed by atoms with E-state index in [0.29, 0.717) is 0 Å². The van der Waals surface area contributed by atoms with E-state index in [9.17, 15) is 13.2 Å². The average molecular weight is 255 g/mol. The van der Waals surface area contributed by atoms with Crippen LogP contribution >= 0.6 is 15.9 Å². The van der Waals surface area contributed by atoms with Gasteiger partial charge in [-0.25, -0.2) is 0 Å². The highest BCUT2D eigenvalue weighted by Crippen LogP contribution is 2.38. The number of benzene rings is 1. The van der Waals surface area contributed by atoms with Crippen molar-refractivity contribution in [2.24, 2.45) is 0 Å². The van der Waals surface area contributed by atoms with Gasteiger partial charge in [0.05, 0.1) is 5.56 Å². The molecule has 72 valence electrons. The third-order valence-corrected chi connectivity index (χ3v) is 2.18. The van der Waals surface area contributed by atoms with Crippen LogP contribution in [0, 0.1) is 6.92 Å². The van der Waals surface area contributed by atoms with Crippen molar-refractivity contribution in [3.05, 3.63) is 27.7 Å². The first-order valence-corrected chi connectivity index (χ1v) is 4.18. The Bertz CT molecular complexity index is 310. The van der Waals surface area contributed by atoms with Crippen LogP contribution in [0.25, 0.3) is 0 Å². The number of rotatable bonds is 0. The predicted octanol–water partition coefficient (Wildman–Crippen LogP) is 3.48. The van der Waals surface area contributed by atoms with Gasteiger partial charge in [0.25, 0.3) is 0 Å². The summed E-state index contributed by atoms with van der Waals surface area (Å²) < 4.78 is 36.8. The molecule has 1 N–H and O–H groups in total. The molecule has 0 heterocycles. The second kappa shape index (κ2) is 3.21. The summed E-state index contributed by atoms with van der Waals surface area (Å²) >= 11 is 2.75. The minimum Gasteiger partial charge on any atom is -0.508 e. The molecule has 0 saturated carbocycles. The van der Waals surface area contributed by atoms with Gasteiger partial charge in [-0.1, -0.05) is 15.9 Å². The molecule has 0 aliphatic rings. The molecular formula is C8H6BrF3O. The van der Waals surface area contributed by atoms with Gasteiger partial charge >= 0.3 is 6.18 Å². The molecule has 1 rings (SSSR count). The quantitative estimate of drug-likeness (QED) is 0.752. The third kappa shape index (κ3) is 2.15. The molecule has 0 amide bonds. The average Bonchev–Trinajstić information content (AvgIpc) is 1.78. The van der Waals surface area contributed by atoms with E-state index in [2.05, 4.69) is 15.9 Å². The van der Waals surface area contributed by atoms with Gasteiger partial charge in [-0.3, -0.25) is 0 Å². The summed E-state index contributed by atoms with van der Waals surface area (Å²) in [6, 6.07) is 2.10. The molecular weight excluding hydrogens is 249 g/mol. The van der Waals surface area contributed by atoms with Gasteiger partial charge < -0.3 is 5.11 Å². The Labute approximate surface area is 81.3 Å². The van der Waals surface area contributed by atoms with Crippen molar-refractivity contribution in [2.45, 2.75) is 13.1 Å². The van der Waals surface area contributed by atoms with E-state index >= 15 is 0 Å². The van der Waals surface area contributed by atoms with Gasteiger partial charge in [-0.2, -0.15) is 13.2 Å². The van der Waals surface area contributed by atoms with Gasteiger partial charge in [0.2, 0.25) is 0 Å². The Kier molecular flexibility index (Phi) is 2.56. The molecule has 0 aliphatic carbocycles. The Balaban J connectivity index is 3.38. The summed E-state index contributed by atoms with van der Waals surface area (Å²) in [5.74, 6) is -0.183. The lowest BCUT2D eigenvalue weighted by molar-refractivity contribution is -0.138. The maximum absolute atomic E-state index is 12.3. The standard InChI is InChI=1S/C8H6BrF3O/c1-4-2-5(13)3-6(9)7(4)8(10,11)12/h2-3,13H,1H3. The molecule has 0 spiro atoms. The van der Waals surface area contributed by atoms with E-state index in [1.807, 2.05) is 0 Å². The van der Waals surface area contributed by atoms with Crippen molar-refractivity contribution in [3.8, 4) is 5.75 Å². The first-order chi connectivity index (χ1) is 5.82. The van der Waals surface area contributed by atoms with E-state index < -0.39 is 11.7 Å². The number of alkyl halides is 3. The molecule has 1 nitrogen and oxygen atoms in total. The van der Waals surface area contributed by atoms with Crippen LogP contribution in [0.15, 0.2) is 16.6 Å². The van der Waals surface area contributed by atoms with Crippen LogP contribution in [0.5, 0.6) is 5.75 Å². The van der Waals surface area contributed by atoms with Crippen LogP contribution in [0.3, 0.4) is 0 Å². The SMILES string of the molecule is Cc1cc(O)cc(Br)c1C(F)(F)F. The Morgan fingerprint density at radius 3 is 2.23 bits per heavy atom. The summed E-state index contributed by atoms with van der Waals surface area (Å²) in [4.78, 5) is 0. The van der Waals surface area contributed by atoms with Crippen molar-refractivity contribution in [2.75, 3.05) is 0 Å². The van der Waals surface area contributed by atoms with Crippen molar-refractivity contribution in [1.29, 1.82) is 0 Å². The zero-order valence-electron chi connectivity index (χ0n) is 6.61. The zero-order chi connectivity index (χ0) is 10.2. The first kappa shape index (κ1) is 10.4. The molecule has 1 aromatic rings. The van der Waals surface area contributed by atoms with Crippen LogP contribution < -0.4 is 0 Å². The second-order valence-corrected chi connectivity index (χ2v) is 3.47. The molecule has 0 aromatic heterocycles. The van der Waals surface area contributed by atoms with Gasteiger partial charge in [-0.15, -0.1) is 0 Å². The van der Waals surface area contributed by atoms with Crippen LogP contribution in [0.2, 0.25) is 0 Å². The van der Waals surface area contributed by atoms with Crippen LogP contribution in [0.4, 0.5) is 13.2 Å². The van der Waals surface area contributed by atoms with Gasteiger partial charge in [0.1, 0.15) is 5.75 Å². The molecule has 0 radical (unpaired) electrons. The molecule has 0 aliphatic heterocycles. The Morgan fingerprint density at radius 1 is 1.31 bits per heavy atom. The number of aryl methyl sites for hydroxylation is 1. The minimum absolute atomic E-state index is 0.000579. The lowest BCUT2D eigenvalue weighted by Gasteiger charge is -2.12. The molecule has 13 heavy (non-hydrogen) atoms. The van der Waals surface area contributed by atoms with Crippen molar-refractivity contribution < 1.29 is 18.3 Å². The predicted molar refractivity (Wildman–Crippen MR) is 45.5 cm³/mol. The largest absolute Gasteiger partial charge is 0.508 e. The highest BCUT2D eigenvalue weighted by Gasteiger charge is 2.34. The number of hydrogen-bond donors (Lipinski definition) is 1. The van der Waals surface area contributed by atoms with E-state index in [1.54, 1.807) is 0 Å². The van der Waals surface area contributed by atoms with E-state index in [0.717, 1.165) is 12.1 Å². The van der Waals surface area contributed by atoms with Crippen LogP contribution in [-0.4, -0.2) is 5.11 Å². The first-order valence-electron chi connectivity index (χ1n) is 3.38. The molecule has 5 heteroatoms. The molecule has 1 aromatic carbocycles. The monoisotopic (exact) mass is 254 g/mol. The second-order valence-electron chi connectivity index (χ2n) is 2.62. The number of aromatic hydroxyl groups is 1. The summed E-state index contributed by atoms with van der Waals surface area (Å²) in [6.45, 7) is 1.30. The maximum Gasteiger partial charge on any atom is 0.417 e. The summed E-state index contributed by atoms with van der Waals surface area (Å²) in [6.07, 6.45) is -4.39. The fourth-order valence-corrected chi connectivity index (χ4v) is 1.86. The fraction of sp³-hybridized carbons (Fsp3) is 0.250. The highest BCUT2D eigenvalue weighted by molar-refractivity contribution is 9.10. The van der Waals surface area contributed by atoms with Crippen LogP contribution in [0.1, 0.15) is 11.1 Å². The summed E-state index contributed by atoms with van der Waals surface area (Å²) in [5.41, 5.74) is -0.746. The summed E-state index contributed by atoms with van der Waals surface area (Å²) in [5, 5.41) is 8.99. The van der Waals surface area contributed by atoms with Crippen LogP contribution in [-0.2, 0) is 6.18 Å². The van der Waals surface area contributed by atoms with Crippen molar-refractivity contribution in [1.82, 2.24) is 0 Å². The molecule has 0 bridgehead atoms. The topological polar surface area (TPSA) is 20.2 Å². The third-order valence-electron chi connectivity index (χ3n) is 1.56.